The molecule has 0 amide bonds. The van der Waals surface area contributed by atoms with Crippen molar-refractivity contribution in [2.75, 3.05) is 19.6 Å². The van der Waals surface area contributed by atoms with E-state index in [0.29, 0.717) is 6.04 Å². The number of aromatic nitrogens is 1. The number of piperazine rings is 1. The minimum Gasteiger partial charge on any atom is -0.314 e. The maximum Gasteiger partial charge on any atom is 0.107 e. The van der Waals surface area contributed by atoms with Gasteiger partial charge in [-0.2, -0.15) is 0 Å². The van der Waals surface area contributed by atoms with Crippen molar-refractivity contribution in [3.63, 3.8) is 0 Å². The molecule has 2 rings (SSSR count). The van der Waals surface area contributed by atoms with Gasteiger partial charge >= 0.3 is 0 Å². The highest BCUT2D eigenvalue weighted by molar-refractivity contribution is 7.09. The Bertz CT molecular complexity index is 329. The fourth-order valence-corrected chi connectivity index (χ4v) is 2.94. The van der Waals surface area contributed by atoms with Gasteiger partial charge in [0.25, 0.3) is 0 Å². The van der Waals surface area contributed by atoms with E-state index in [-0.39, 0.29) is 12.4 Å². The predicted octanol–water partition coefficient (Wildman–Crippen LogP) is 2.31. The summed E-state index contributed by atoms with van der Waals surface area (Å²) in [6, 6.07) is 0.632. The fourth-order valence-electron chi connectivity index (χ4n) is 2.08. The van der Waals surface area contributed by atoms with Gasteiger partial charge in [0.1, 0.15) is 5.01 Å². The first-order valence-electron chi connectivity index (χ1n) is 6.17. The first-order chi connectivity index (χ1) is 7.79. The Kier molecular flexibility index (Phi) is 6.41. The van der Waals surface area contributed by atoms with E-state index < -0.39 is 0 Å². The molecule has 0 aromatic carbocycles. The van der Waals surface area contributed by atoms with E-state index in [1.165, 1.54) is 17.1 Å². The molecule has 1 aliphatic heterocycles. The quantitative estimate of drug-likeness (QED) is 0.914. The molecule has 0 saturated carbocycles. The summed E-state index contributed by atoms with van der Waals surface area (Å²) in [6.45, 7) is 8.87. The van der Waals surface area contributed by atoms with Crippen molar-refractivity contribution in [2.45, 2.75) is 39.3 Å². The van der Waals surface area contributed by atoms with Crippen LogP contribution in [0.1, 0.15) is 31.0 Å². The van der Waals surface area contributed by atoms with Gasteiger partial charge in [0.2, 0.25) is 0 Å². The van der Waals surface area contributed by atoms with Crippen molar-refractivity contribution in [2.24, 2.45) is 0 Å². The maximum absolute atomic E-state index is 4.68. The number of hydrogen-bond donors (Lipinski definition) is 1. The summed E-state index contributed by atoms with van der Waals surface area (Å²) in [5, 5.41) is 6.91. The lowest BCUT2D eigenvalue weighted by atomic mass is 10.2. The fraction of sp³-hybridized carbons (Fsp3) is 0.750. The topological polar surface area (TPSA) is 28.2 Å². The lowest BCUT2D eigenvalue weighted by Crippen LogP contribution is -2.49. The van der Waals surface area contributed by atoms with Crippen LogP contribution in [0, 0.1) is 0 Å². The summed E-state index contributed by atoms with van der Waals surface area (Å²) in [5.41, 5.74) is 1.27. The average Bonchev–Trinajstić information content (AvgIpc) is 2.70. The van der Waals surface area contributed by atoms with Crippen LogP contribution in [0.15, 0.2) is 5.38 Å². The van der Waals surface area contributed by atoms with Gasteiger partial charge in [0, 0.05) is 31.1 Å². The number of rotatable bonds is 4. The van der Waals surface area contributed by atoms with Crippen molar-refractivity contribution in [3.8, 4) is 0 Å². The van der Waals surface area contributed by atoms with E-state index in [4.69, 9.17) is 0 Å². The number of nitrogens with one attached hydrogen (secondary N) is 1. The third kappa shape index (κ3) is 4.21. The number of nitrogens with zero attached hydrogens (tertiary/aromatic N) is 2. The average molecular weight is 276 g/mol. The first-order valence-corrected chi connectivity index (χ1v) is 7.05. The Morgan fingerprint density at radius 1 is 1.59 bits per heavy atom. The van der Waals surface area contributed by atoms with Gasteiger partial charge in [0.05, 0.1) is 12.2 Å². The van der Waals surface area contributed by atoms with Crippen molar-refractivity contribution in [3.05, 3.63) is 16.1 Å². The molecular formula is C12H22ClN3S. The zero-order valence-corrected chi connectivity index (χ0v) is 12.2. The summed E-state index contributed by atoms with van der Waals surface area (Å²) in [6.07, 6.45) is 2.31. The standard InChI is InChI=1S/C12H21N3S.ClH/c1-3-4-11-9-16-12(14-11)8-15-6-5-13-7-10(15)2;/h9-10,13H,3-8H2,1-2H3;1H/t10-;/m0./s1. The molecule has 1 saturated heterocycles. The molecule has 98 valence electrons. The predicted molar refractivity (Wildman–Crippen MR) is 76.1 cm³/mol. The highest BCUT2D eigenvalue weighted by Crippen LogP contribution is 2.15. The van der Waals surface area contributed by atoms with E-state index in [1.807, 2.05) is 11.3 Å². The zero-order chi connectivity index (χ0) is 11.4. The number of hydrogen-bond acceptors (Lipinski definition) is 4. The van der Waals surface area contributed by atoms with Gasteiger partial charge < -0.3 is 5.32 Å². The monoisotopic (exact) mass is 275 g/mol. The molecule has 1 fully saturated rings. The van der Waals surface area contributed by atoms with Crippen LogP contribution in [0.3, 0.4) is 0 Å². The van der Waals surface area contributed by atoms with Crippen LogP contribution in [0.25, 0.3) is 0 Å². The lowest BCUT2D eigenvalue weighted by molar-refractivity contribution is 0.165. The molecule has 1 aromatic rings. The molecule has 5 heteroatoms. The van der Waals surface area contributed by atoms with Crippen molar-refractivity contribution in [1.29, 1.82) is 0 Å². The molecule has 1 aliphatic rings. The Hall–Kier alpha value is -0.160. The van der Waals surface area contributed by atoms with E-state index in [0.717, 1.165) is 32.6 Å². The normalized spacial score (nSPS) is 21.2. The zero-order valence-electron chi connectivity index (χ0n) is 10.6. The van der Waals surface area contributed by atoms with Gasteiger partial charge in [-0.15, -0.1) is 23.7 Å². The van der Waals surface area contributed by atoms with Crippen LogP contribution >= 0.6 is 23.7 Å². The van der Waals surface area contributed by atoms with Crippen LogP contribution in [0.4, 0.5) is 0 Å². The molecule has 0 radical (unpaired) electrons. The van der Waals surface area contributed by atoms with Crippen LogP contribution in [-0.4, -0.2) is 35.6 Å². The summed E-state index contributed by atoms with van der Waals surface area (Å²) in [5.74, 6) is 0. The molecule has 1 atom stereocenters. The summed E-state index contributed by atoms with van der Waals surface area (Å²) in [7, 11) is 0. The van der Waals surface area contributed by atoms with Crippen LogP contribution in [0.5, 0.6) is 0 Å². The van der Waals surface area contributed by atoms with Crippen LogP contribution < -0.4 is 5.32 Å². The molecule has 2 heterocycles. The molecule has 0 unspecified atom stereocenters. The number of halogens is 1. The molecule has 0 spiro atoms. The minimum absolute atomic E-state index is 0. The maximum atomic E-state index is 4.68. The second-order valence-corrected chi connectivity index (χ2v) is 5.45. The highest BCUT2D eigenvalue weighted by Gasteiger charge is 2.18. The number of thiazole rings is 1. The van der Waals surface area contributed by atoms with Gasteiger partial charge in [-0.25, -0.2) is 4.98 Å². The van der Waals surface area contributed by atoms with Crippen molar-refractivity contribution >= 4 is 23.7 Å². The van der Waals surface area contributed by atoms with Gasteiger partial charge in [0.15, 0.2) is 0 Å². The second kappa shape index (κ2) is 7.31. The first kappa shape index (κ1) is 14.9. The summed E-state index contributed by atoms with van der Waals surface area (Å²) >= 11 is 1.81. The largest absolute Gasteiger partial charge is 0.314 e. The van der Waals surface area contributed by atoms with Crippen molar-refractivity contribution in [1.82, 2.24) is 15.2 Å². The smallest absolute Gasteiger partial charge is 0.107 e. The van der Waals surface area contributed by atoms with E-state index in [1.54, 1.807) is 0 Å². The molecule has 3 nitrogen and oxygen atoms in total. The molecular weight excluding hydrogens is 254 g/mol. The van der Waals surface area contributed by atoms with E-state index in [2.05, 4.69) is 34.4 Å². The van der Waals surface area contributed by atoms with Crippen LogP contribution in [0.2, 0.25) is 0 Å². The summed E-state index contributed by atoms with van der Waals surface area (Å²) in [4.78, 5) is 7.20. The van der Waals surface area contributed by atoms with Gasteiger partial charge in [-0.05, 0) is 13.3 Å². The van der Waals surface area contributed by atoms with Gasteiger partial charge in [-0.3, -0.25) is 4.90 Å². The Balaban J connectivity index is 0.00000144. The third-order valence-corrected chi connectivity index (χ3v) is 3.97. The highest BCUT2D eigenvalue weighted by atomic mass is 35.5. The lowest BCUT2D eigenvalue weighted by Gasteiger charge is -2.33. The summed E-state index contributed by atoms with van der Waals surface area (Å²) < 4.78 is 0. The Morgan fingerprint density at radius 3 is 3.12 bits per heavy atom. The molecule has 1 aromatic heterocycles. The molecule has 1 N–H and O–H groups in total. The van der Waals surface area contributed by atoms with Crippen LogP contribution in [-0.2, 0) is 13.0 Å². The SMILES string of the molecule is CCCc1csc(CN2CCNC[C@@H]2C)n1.Cl. The van der Waals surface area contributed by atoms with Gasteiger partial charge in [-0.1, -0.05) is 13.3 Å². The third-order valence-electron chi connectivity index (χ3n) is 3.08. The van der Waals surface area contributed by atoms with Crippen molar-refractivity contribution < 1.29 is 0 Å². The van der Waals surface area contributed by atoms with E-state index >= 15 is 0 Å². The van der Waals surface area contributed by atoms with E-state index in [9.17, 15) is 0 Å². The molecule has 17 heavy (non-hydrogen) atoms. The molecule has 0 aliphatic carbocycles. The Labute approximate surface area is 114 Å². The molecule has 0 bridgehead atoms. The number of aryl methyl sites for hydroxylation is 1. The minimum atomic E-state index is 0. The Morgan fingerprint density at radius 2 is 2.41 bits per heavy atom. The second-order valence-electron chi connectivity index (χ2n) is 4.51.